The van der Waals surface area contributed by atoms with Crippen LogP contribution < -0.4 is 0 Å². The van der Waals surface area contributed by atoms with Gasteiger partial charge in [0.2, 0.25) is 11.8 Å². The number of hydrogen-bond donors (Lipinski definition) is 0. The summed E-state index contributed by atoms with van der Waals surface area (Å²) in [7, 11) is 0. The topological polar surface area (TPSA) is 40.6 Å². The van der Waals surface area contributed by atoms with E-state index in [-0.39, 0.29) is 11.8 Å². The smallest absolute Gasteiger partial charge is 0.339 e. The molecule has 0 aliphatic carbocycles. The molecule has 4 nitrogen and oxygen atoms in total. The van der Waals surface area contributed by atoms with Crippen LogP contribution in [-0.2, 0) is 15.8 Å². The van der Waals surface area contributed by atoms with Crippen LogP contribution in [-0.4, -0.2) is 47.8 Å². The van der Waals surface area contributed by atoms with Gasteiger partial charge in [-0.25, -0.2) is 0 Å². The molecule has 1 fully saturated rings. The lowest BCUT2D eigenvalue weighted by Gasteiger charge is -2.33. The first kappa shape index (κ1) is 17.1. The van der Waals surface area contributed by atoms with Crippen molar-refractivity contribution in [1.29, 1.82) is 0 Å². The second-order valence-corrected chi connectivity index (χ2v) is 5.28. The molecule has 0 radical (unpaired) electrons. The van der Waals surface area contributed by atoms with E-state index in [4.69, 9.17) is 0 Å². The zero-order chi connectivity index (χ0) is 17.0. The molecule has 1 aromatic carbocycles. The highest BCUT2D eigenvalue weighted by Crippen LogP contribution is 2.29. The van der Waals surface area contributed by atoms with Gasteiger partial charge in [0, 0.05) is 39.2 Å². The van der Waals surface area contributed by atoms with Crippen molar-refractivity contribution in [2.24, 2.45) is 0 Å². The van der Waals surface area contributed by atoms with Crippen molar-refractivity contribution >= 4 is 17.9 Å². The highest BCUT2D eigenvalue weighted by atomic mass is 19.4. The number of amides is 2. The zero-order valence-corrected chi connectivity index (χ0v) is 12.6. The normalized spacial score (nSPS) is 16.0. The molecule has 7 heteroatoms. The number of piperazine rings is 1. The number of carbonyl (C=O) groups is 2. The number of rotatable bonds is 2. The summed E-state index contributed by atoms with van der Waals surface area (Å²) in [6, 6.07) is 4.60. The molecule has 0 atom stereocenters. The molecule has 124 valence electrons. The van der Waals surface area contributed by atoms with Crippen molar-refractivity contribution in [3.05, 3.63) is 41.5 Å². The second kappa shape index (κ2) is 6.85. The summed E-state index contributed by atoms with van der Waals surface area (Å²) in [5, 5.41) is 0. The van der Waals surface area contributed by atoms with Crippen molar-refractivity contribution in [1.82, 2.24) is 9.80 Å². The van der Waals surface area contributed by atoms with Crippen molar-refractivity contribution in [2.75, 3.05) is 26.2 Å². The predicted molar refractivity (Wildman–Crippen MR) is 79.3 cm³/mol. The molecule has 0 N–H and O–H groups in total. The van der Waals surface area contributed by atoms with E-state index >= 15 is 0 Å². The van der Waals surface area contributed by atoms with Gasteiger partial charge >= 0.3 is 6.18 Å². The van der Waals surface area contributed by atoms with E-state index in [1.54, 1.807) is 9.80 Å². The van der Waals surface area contributed by atoms with E-state index in [1.165, 1.54) is 31.2 Å². The van der Waals surface area contributed by atoms with Gasteiger partial charge in [-0.2, -0.15) is 13.2 Å². The van der Waals surface area contributed by atoms with Gasteiger partial charge in [-0.1, -0.05) is 12.1 Å². The van der Waals surface area contributed by atoms with E-state index in [0.717, 1.165) is 12.1 Å². The molecule has 1 aromatic rings. The Morgan fingerprint density at radius 1 is 1.00 bits per heavy atom. The lowest BCUT2D eigenvalue weighted by molar-refractivity contribution is -0.137. The molecule has 0 unspecified atom stereocenters. The monoisotopic (exact) mass is 326 g/mol. The molecule has 1 saturated heterocycles. The largest absolute Gasteiger partial charge is 0.416 e. The minimum atomic E-state index is -4.37. The molecule has 0 spiro atoms. The van der Waals surface area contributed by atoms with Gasteiger partial charge in [0.1, 0.15) is 0 Å². The summed E-state index contributed by atoms with van der Waals surface area (Å²) >= 11 is 0. The van der Waals surface area contributed by atoms with Gasteiger partial charge in [0.25, 0.3) is 0 Å². The molecule has 0 aromatic heterocycles. The Hall–Kier alpha value is -2.31. The molecule has 2 amide bonds. The number of carbonyl (C=O) groups excluding carboxylic acids is 2. The summed E-state index contributed by atoms with van der Waals surface area (Å²) < 4.78 is 37.4. The summed E-state index contributed by atoms with van der Waals surface area (Å²) in [5.74, 6) is -0.231. The van der Waals surface area contributed by atoms with Crippen molar-refractivity contribution in [2.45, 2.75) is 13.1 Å². The standard InChI is InChI=1S/C16H17F3N2O2/c1-12(22)20-8-10-21(11-9-20)15(23)7-4-13-2-5-14(6-3-13)16(17,18)19/h2-7H,8-11H2,1H3/b7-4+. The van der Waals surface area contributed by atoms with Crippen LogP contribution in [0.1, 0.15) is 18.1 Å². The van der Waals surface area contributed by atoms with Crippen LogP contribution in [0.25, 0.3) is 6.08 Å². The van der Waals surface area contributed by atoms with Crippen LogP contribution in [0.5, 0.6) is 0 Å². The first-order valence-electron chi connectivity index (χ1n) is 7.17. The maximum absolute atomic E-state index is 12.5. The third-order valence-corrected chi connectivity index (χ3v) is 3.69. The average molecular weight is 326 g/mol. The highest BCUT2D eigenvalue weighted by molar-refractivity contribution is 5.92. The average Bonchev–Trinajstić information content (AvgIpc) is 2.52. The van der Waals surface area contributed by atoms with E-state index in [0.29, 0.717) is 31.7 Å². The summed E-state index contributed by atoms with van der Waals surface area (Å²) in [6.45, 7) is 3.39. The van der Waals surface area contributed by atoms with Crippen molar-refractivity contribution < 1.29 is 22.8 Å². The Balaban J connectivity index is 1.93. The molecule has 0 saturated carbocycles. The first-order valence-corrected chi connectivity index (χ1v) is 7.17. The fourth-order valence-corrected chi connectivity index (χ4v) is 2.30. The van der Waals surface area contributed by atoms with Gasteiger partial charge in [0.15, 0.2) is 0 Å². The SMILES string of the molecule is CC(=O)N1CCN(C(=O)/C=C/c2ccc(C(F)(F)F)cc2)CC1. The molecule has 2 rings (SSSR count). The quantitative estimate of drug-likeness (QED) is 0.783. The molecular weight excluding hydrogens is 309 g/mol. The van der Waals surface area contributed by atoms with Crippen molar-refractivity contribution in [3.8, 4) is 0 Å². The van der Waals surface area contributed by atoms with Gasteiger partial charge < -0.3 is 9.80 Å². The van der Waals surface area contributed by atoms with Gasteiger partial charge in [0.05, 0.1) is 5.56 Å². The fourth-order valence-electron chi connectivity index (χ4n) is 2.30. The lowest BCUT2D eigenvalue weighted by atomic mass is 10.1. The minimum Gasteiger partial charge on any atom is -0.339 e. The van der Waals surface area contributed by atoms with E-state index < -0.39 is 11.7 Å². The predicted octanol–water partition coefficient (Wildman–Crippen LogP) is 2.41. The van der Waals surface area contributed by atoms with Crippen molar-refractivity contribution in [3.63, 3.8) is 0 Å². The van der Waals surface area contributed by atoms with Crippen LogP contribution in [0.4, 0.5) is 13.2 Å². The summed E-state index contributed by atoms with van der Waals surface area (Å²) in [4.78, 5) is 26.5. The van der Waals surface area contributed by atoms with Crippen LogP contribution in [0.3, 0.4) is 0 Å². The Kier molecular flexibility index (Phi) is 5.08. The molecule has 0 bridgehead atoms. The molecule has 1 aliphatic heterocycles. The molecule has 23 heavy (non-hydrogen) atoms. The van der Waals surface area contributed by atoms with Gasteiger partial charge in [-0.3, -0.25) is 9.59 Å². The van der Waals surface area contributed by atoms with Crippen LogP contribution in [0, 0.1) is 0 Å². The number of benzene rings is 1. The number of nitrogens with zero attached hydrogens (tertiary/aromatic N) is 2. The number of alkyl halides is 3. The van der Waals surface area contributed by atoms with Gasteiger partial charge in [-0.15, -0.1) is 0 Å². The van der Waals surface area contributed by atoms with Crippen LogP contribution in [0.15, 0.2) is 30.3 Å². The Labute approximate surface area is 132 Å². The molecule has 1 aliphatic rings. The Morgan fingerprint density at radius 3 is 2.00 bits per heavy atom. The highest BCUT2D eigenvalue weighted by Gasteiger charge is 2.29. The minimum absolute atomic E-state index is 0.0163. The third-order valence-electron chi connectivity index (χ3n) is 3.69. The third kappa shape index (κ3) is 4.58. The molecule has 1 heterocycles. The second-order valence-electron chi connectivity index (χ2n) is 5.28. The maximum atomic E-state index is 12.5. The number of halogens is 3. The van der Waals surface area contributed by atoms with E-state index in [1.807, 2.05) is 0 Å². The van der Waals surface area contributed by atoms with Crippen LogP contribution in [0.2, 0.25) is 0 Å². The Morgan fingerprint density at radius 2 is 1.52 bits per heavy atom. The lowest BCUT2D eigenvalue weighted by Crippen LogP contribution is -2.49. The maximum Gasteiger partial charge on any atom is 0.416 e. The fraction of sp³-hybridized carbons (Fsp3) is 0.375. The van der Waals surface area contributed by atoms with Crippen LogP contribution >= 0.6 is 0 Å². The van der Waals surface area contributed by atoms with E-state index in [2.05, 4.69) is 0 Å². The molecular formula is C16H17F3N2O2. The first-order chi connectivity index (χ1) is 10.8. The van der Waals surface area contributed by atoms with Gasteiger partial charge in [-0.05, 0) is 23.8 Å². The van der Waals surface area contributed by atoms with E-state index in [9.17, 15) is 22.8 Å². The zero-order valence-electron chi connectivity index (χ0n) is 12.6. The summed E-state index contributed by atoms with van der Waals surface area (Å²) in [6.07, 6.45) is -1.54. The number of hydrogen-bond acceptors (Lipinski definition) is 2. The summed E-state index contributed by atoms with van der Waals surface area (Å²) in [5.41, 5.74) is -0.199. The Bertz CT molecular complexity index is 601.